The van der Waals surface area contributed by atoms with Crippen LogP contribution in [-0.4, -0.2) is 39.4 Å². The fourth-order valence-corrected chi connectivity index (χ4v) is 1.16. The summed E-state index contributed by atoms with van der Waals surface area (Å²) in [5, 5.41) is 4.12. The fraction of sp³-hybridized carbons (Fsp3) is 0.500. The molecule has 1 rings (SSSR count). The first-order valence-corrected chi connectivity index (χ1v) is 5.17. The molecular weight excluding hydrogens is 206 g/mol. The van der Waals surface area contributed by atoms with Gasteiger partial charge in [0.1, 0.15) is 0 Å². The molecule has 1 aromatic rings. The number of rotatable bonds is 1. The normalized spacial score (nSPS) is 10.1. The molecule has 1 aromatic heterocycles. The third-order valence-corrected chi connectivity index (χ3v) is 2.56. The highest BCUT2D eigenvalue weighted by molar-refractivity contribution is 8.22. The molecule has 13 heavy (non-hydrogen) atoms. The number of thioether (sulfide) groups is 1. The van der Waals surface area contributed by atoms with Crippen LogP contribution < -0.4 is 10.6 Å². The van der Waals surface area contributed by atoms with E-state index in [-0.39, 0.29) is 0 Å². The van der Waals surface area contributed by atoms with E-state index in [0.29, 0.717) is 16.2 Å². The molecule has 0 atom stereocenters. The summed E-state index contributed by atoms with van der Waals surface area (Å²) in [5.41, 5.74) is 5.62. The van der Waals surface area contributed by atoms with Gasteiger partial charge in [-0.25, -0.2) is 0 Å². The molecule has 0 unspecified atom stereocenters. The van der Waals surface area contributed by atoms with Gasteiger partial charge in [-0.3, -0.25) is 0 Å². The summed E-state index contributed by atoms with van der Waals surface area (Å²) in [4.78, 5) is 5.81. The lowest BCUT2D eigenvalue weighted by molar-refractivity contribution is 0.938. The van der Waals surface area contributed by atoms with E-state index in [2.05, 4.69) is 10.1 Å². The molecule has 72 valence electrons. The van der Waals surface area contributed by atoms with Gasteiger partial charge in [0.25, 0.3) is 0 Å². The van der Waals surface area contributed by atoms with Gasteiger partial charge in [-0.05, 0) is 6.26 Å². The SMILES string of the molecule is CSC(=S)n1nc(N(C)C)nc1N. The van der Waals surface area contributed by atoms with Crippen molar-refractivity contribution in [1.82, 2.24) is 14.8 Å². The Morgan fingerprint density at radius 3 is 2.62 bits per heavy atom. The Morgan fingerprint density at radius 1 is 1.62 bits per heavy atom. The molecule has 2 N–H and O–H groups in total. The lowest BCUT2D eigenvalue weighted by Crippen LogP contribution is -2.13. The molecule has 0 aliphatic heterocycles. The van der Waals surface area contributed by atoms with Crippen molar-refractivity contribution in [2.45, 2.75) is 0 Å². The predicted octanol–water partition coefficient (Wildman–Crippen LogP) is 0.422. The number of anilines is 2. The second-order valence-electron chi connectivity index (χ2n) is 2.55. The lowest BCUT2D eigenvalue weighted by atomic mass is 10.8. The van der Waals surface area contributed by atoms with E-state index in [1.54, 1.807) is 4.90 Å². The molecule has 1 heterocycles. The average molecular weight is 217 g/mol. The van der Waals surface area contributed by atoms with E-state index >= 15 is 0 Å². The summed E-state index contributed by atoms with van der Waals surface area (Å²) in [6.45, 7) is 0. The number of thiocarbonyl (C=S) groups is 1. The van der Waals surface area contributed by atoms with Crippen molar-refractivity contribution in [3.05, 3.63) is 0 Å². The molecule has 0 fully saturated rings. The van der Waals surface area contributed by atoms with Gasteiger partial charge in [-0.15, -0.1) is 5.10 Å². The van der Waals surface area contributed by atoms with Crippen molar-refractivity contribution in [2.24, 2.45) is 0 Å². The Hall–Kier alpha value is -0.820. The monoisotopic (exact) mass is 217 g/mol. The topological polar surface area (TPSA) is 60.0 Å². The van der Waals surface area contributed by atoms with Crippen LogP contribution in [0, 0.1) is 0 Å². The van der Waals surface area contributed by atoms with Gasteiger partial charge < -0.3 is 10.6 Å². The maximum atomic E-state index is 5.62. The van der Waals surface area contributed by atoms with Gasteiger partial charge in [-0.2, -0.15) is 9.67 Å². The molecular formula is C6H11N5S2. The summed E-state index contributed by atoms with van der Waals surface area (Å²) in [6, 6.07) is 0. The Kier molecular flexibility index (Phi) is 3.10. The first-order valence-electron chi connectivity index (χ1n) is 3.54. The van der Waals surface area contributed by atoms with Crippen LogP contribution in [0.5, 0.6) is 0 Å². The van der Waals surface area contributed by atoms with Crippen molar-refractivity contribution in [3.8, 4) is 0 Å². The molecule has 0 bridgehead atoms. The third-order valence-electron chi connectivity index (χ3n) is 1.37. The van der Waals surface area contributed by atoms with E-state index in [1.807, 2.05) is 20.4 Å². The van der Waals surface area contributed by atoms with Crippen molar-refractivity contribution in [1.29, 1.82) is 0 Å². The zero-order valence-corrected chi connectivity index (χ0v) is 9.32. The van der Waals surface area contributed by atoms with Gasteiger partial charge >= 0.3 is 0 Å². The van der Waals surface area contributed by atoms with Crippen molar-refractivity contribution < 1.29 is 0 Å². The van der Waals surface area contributed by atoms with Crippen LogP contribution in [0.25, 0.3) is 0 Å². The summed E-state index contributed by atoms with van der Waals surface area (Å²) in [5.74, 6) is 0.886. The van der Waals surface area contributed by atoms with Crippen LogP contribution in [0.1, 0.15) is 0 Å². The minimum Gasteiger partial charge on any atom is -0.368 e. The highest BCUT2D eigenvalue weighted by atomic mass is 32.2. The van der Waals surface area contributed by atoms with Gasteiger partial charge in [-0.1, -0.05) is 24.0 Å². The van der Waals surface area contributed by atoms with E-state index in [1.165, 1.54) is 16.4 Å². The van der Waals surface area contributed by atoms with Gasteiger partial charge in [0.05, 0.1) is 0 Å². The first kappa shape index (κ1) is 10.3. The summed E-state index contributed by atoms with van der Waals surface area (Å²) >= 11 is 6.44. The molecule has 5 nitrogen and oxygen atoms in total. The Bertz CT molecular complexity index is 319. The molecule has 0 saturated heterocycles. The van der Waals surface area contributed by atoms with Crippen LogP contribution in [0.15, 0.2) is 0 Å². The van der Waals surface area contributed by atoms with Crippen molar-refractivity contribution in [2.75, 3.05) is 31.0 Å². The Balaban J connectivity index is 3.03. The van der Waals surface area contributed by atoms with Gasteiger partial charge in [0.15, 0.2) is 4.32 Å². The summed E-state index contributed by atoms with van der Waals surface area (Å²) in [6.07, 6.45) is 1.87. The van der Waals surface area contributed by atoms with E-state index < -0.39 is 0 Å². The molecule has 7 heteroatoms. The number of hydrogen-bond donors (Lipinski definition) is 1. The van der Waals surface area contributed by atoms with Crippen LogP contribution in [0.4, 0.5) is 11.9 Å². The highest BCUT2D eigenvalue weighted by Gasteiger charge is 2.10. The fourth-order valence-electron chi connectivity index (χ4n) is 0.723. The number of hydrogen-bond acceptors (Lipinski definition) is 6. The zero-order valence-electron chi connectivity index (χ0n) is 7.68. The largest absolute Gasteiger partial charge is 0.368 e. The maximum absolute atomic E-state index is 5.62. The predicted molar refractivity (Wildman–Crippen MR) is 60.3 cm³/mol. The molecule has 0 amide bonds. The quantitative estimate of drug-likeness (QED) is 0.688. The number of nitrogens with two attached hydrogens (primary N) is 1. The van der Waals surface area contributed by atoms with Crippen LogP contribution in [0.2, 0.25) is 0 Å². The standard InChI is InChI=1S/C6H11N5S2/c1-10(2)5-8-4(7)11(9-5)6(12)13-3/h1-3H3,(H2,7,8,9). The van der Waals surface area contributed by atoms with Crippen LogP contribution in [-0.2, 0) is 0 Å². The molecule has 0 radical (unpaired) electrons. The summed E-state index contributed by atoms with van der Waals surface area (Å²) < 4.78 is 2.05. The Labute approximate surface area is 86.3 Å². The minimum atomic E-state index is 0.322. The maximum Gasteiger partial charge on any atom is 0.246 e. The molecule has 0 aliphatic carbocycles. The Morgan fingerprint density at radius 2 is 2.23 bits per heavy atom. The first-order chi connectivity index (χ1) is 6.06. The second kappa shape index (κ2) is 3.93. The minimum absolute atomic E-state index is 0.322. The van der Waals surface area contributed by atoms with Gasteiger partial charge in [0.2, 0.25) is 11.9 Å². The van der Waals surface area contributed by atoms with E-state index in [0.717, 1.165) is 0 Å². The average Bonchev–Trinajstić information content (AvgIpc) is 2.46. The number of aromatic nitrogens is 3. The zero-order chi connectivity index (χ0) is 10.0. The summed E-state index contributed by atoms with van der Waals surface area (Å²) in [7, 11) is 3.70. The molecule has 0 aromatic carbocycles. The van der Waals surface area contributed by atoms with Crippen molar-refractivity contribution >= 4 is 40.2 Å². The number of nitrogens with zero attached hydrogens (tertiary/aromatic N) is 4. The van der Waals surface area contributed by atoms with Crippen LogP contribution in [0.3, 0.4) is 0 Å². The van der Waals surface area contributed by atoms with Crippen molar-refractivity contribution in [3.63, 3.8) is 0 Å². The highest BCUT2D eigenvalue weighted by Crippen LogP contribution is 2.11. The number of nitrogen functional groups attached to an aromatic ring is 1. The lowest BCUT2D eigenvalue weighted by Gasteiger charge is -2.04. The van der Waals surface area contributed by atoms with Gasteiger partial charge in [0, 0.05) is 14.1 Å². The molecule has 0 saturated carbocycles. The second-order valence-corrected chi connectivity index (χ2v) is 3.99. The molecule has 0 spiro atoms. The van der Waals surface area contributed by atoms with Crippen LogP contribution >= 0.6 is 24.0 Å². The van der Waals surface area contributed by atoms with E-state index in [4.69, 9.17) is 18.0 Å². The van der Waals surface area contributed by atoms with E-state index in [9.17, 15) is 0 Å². The third kappa shape index (κ3) is 2.10. The smallest absolute Gasteiger partial charge is 0.246 e. The molecule has 0 aliphatic rings.